The van der Waals surface area contributed by atoms with Crippen molar-refractivity contribution in [3.63, 3.8) is 0 Å². The van der Waals surface area contributed by atoms with Gasteiger partial charge in [0.25, 0.3) is 5.91 Å². The van der Waals surface area contributed by atoms with E-state index in [1.54, 1.807) is 7.11 Å². The Morgan fingerprint density at radius 1 is 1.26 bits per heavy atom. The fraction of sp³-hybridized carbons (Fsp3) is 0.444. The average Bonchev–Trinajstić information content (AvgIpc) is 3.11. The van der Waals surface area contributed by atoms with E-state index in [0.29, 0.717) is 11.7 Å². The van der Waals surface area contributed by atoms with Gasteiger partial charge in [0.1, 0.15) is 16.5 Å². The molecule has 1 heterocycles. The topological polar surface area (TPSA) is 42.4 Å². The van der Waals surface area contributed by atoms with Gasteiger partial charge in [-0.05, 0) is 25.0 Å². The predicted octanol–water partition coefficient (Wildman–Crippen LogP) is 4.22. The van der Waals surface area contributed by atoms with Gasteiger partial charge in [0, 0.05) is 18.5 Å². The number of amides is 1. The summed E-state index contributed by atoms with van der Waals surface area (Å²) < 4.78 is 5.38. The summed E-state index contributed by atoms with van der Waals surface area (Å²) in [5.41, 5.74) is 1.46. The molecule has 1 aliphatic rings. The molecule has 122 valence electrons. The highest BCUT2D eigenvalue weighted by molar-refractivity contribution is 7.13. The Balaban J connectivity index is 1.79. The average molecular weight is 330 g/mol. The van der Waals surface area contributed by atoms with E-state index in [4.69, 9.17) is 4.74 Å². The van der Waals surface area contributed by atoms with Crippen LogP contribution in [0.15, 0.2) is 29.6 Å². The van der Waals surface area contributed by atoms with E-state index >= 15 is 0 Å². The van der Waals surface area contributed by atoms with E-state index < -0.39 is 0 Å². The SMILES string of the molecule is COc1ccccc1-c1nc(C(=O)N(C)C2CCCCC2)cs1. The maximum absolute atomic E-state index is 12.7. The second kappa shape index (κ2) is 7.13. The van der Waals surface area contributed by atoms with Gasteiger partial charge in [-0.2, -0.15) is 0 Å². The van der Waals surface area contributed by atoms with Crippen LogP contribution in [0.3, 0.4) is 0 Å². The summed E-state index contributed by atoms with van der Waals surface area (Å²) in [6.07, 6.45) is 5.92. The number of hydrogen-bond acceptors (Lipinski definition) is 4. The summed E-state index contributed by atoms with van der Waals surface area (Å²) in [4.78, 5) is 19.1. The van der Waals surface area contributed by atoms with Crippen molar-refractivity contribution < 1.29 is 9.53 Å². The quantitative estimate of drug-likeness (QED) is 0.843. The molecule has 5 heteroatoms. The maximum Gasteiger partial charge on any atom is 0.273 e. The molecular formula is C18H22N2O2S. The normalized spacial score (nSPS) is 15.4. The van der Waals surface area contributed by atoms with E-state index in [2.05, 4.69) is 4.98 Å². The molecule has 1 saturated carbocycles. The van der Waals surface area contributed by atoms with Crippen molar-refractivity contribution >= 4 is 17.2 Å². The molecule has 0 bridgehead atoms. The van der Waals surface area contributed by atoms with Gasteiger partial charge in [-0.1, -0.05) is 31.4 Å². The van der Waals surface area contributed by atoms with Gasteiger partial charge < -0.3 is 9.64 Å². The van der Waals surface area contributed by atoms with Gasteiger partial charge in [-0.3, -0.25) is 4.79 Å². The van der Waals surface area contributed by atoms with Gasteiger partial charge in [-0.15, -0.1) is 11.3 Å². The molecule has 1 aromatic heterocycles. The lowest BCUT2D eigenvalue weighted by Crippen LogP contribution is -2.38. The van der Waals surface area contributed by atoms with Gasteiger partial charge in [0.05, 0.1) is 12.7 Å². The molecule has 1 aliphatic carbocycles. The van der Waals surface area contributed by atoms with Gasteiger partial charge in [0.15, 0.2) is 0 Å². The lowest BCUT2D eigenvalue weighted by Gasteiger charge is -2.30. The van der Waals surface area contributed by atoms with Crippen LogP contribution in [-0.4, -0.2) is 36.0 Å². The molecule has 4 nitrogen and oxygen atoms in total. The summed E-state index contributed by atoms with van der Waals surface area (Å²) in [6.45, 7) is 0. The molecule has 23 heavy (non-hydrogen) atoms. The first-order chi connectivity index (χ1) is 11.2. The molecular weight excluding hydrogens is 308 g/mol. The largest absolute Gasteiger partial charge is 0.496 e. The molecule has 0 spiro atoms. The van der Waals surface area contributed by atoms with Gasteiger partial charge in [-0.25, -0.2) is 4.98 Å². The molecule has 0 aliphatic heterocycles. The highest BCUT2D eigenvalue weighted by atomic mass is 32.1. The smallest absolute Gasteiger partial charge is 0.273 e. The van der Waals surface area contributed by atoms with Crippen LogP contribution in [0.4, 0.5) is 0 Å². The molecule has 1 aromatic carbocycles. The molecule has 0 N–H and O–H groups in total. The number of thiazole rings is 1. The third-order valence-corrected chi connectivity index (χ3v) is 5.38. The molecule has 0 unspecified atom stereocenters. The van der Waals surface area contributed by atoms with Crippen LogP contribution in [0.25, 0.3) is 10.6 Å². The minimum Gasteiger partial charge on any atom is -0.496 e. The van der Waals surface area contributed by atoms with E-state index in [-0.39, 0.29) is 5.91 Å². The lowest BCUT2D eigenvalue weighted by atomic mass is 9.94. The Morgan fingerprint density at radius 2 is 2.00 bits per heavy atom. The number of carbonyl (C=O) groups excluding carboxylic acids is 1. The minimum atomic E-state index is 0.0225. The maximum atomic E-state index is 12.7. The number of hydrogen-bond donors (Lipinski definition) is 0. The molecule has 3 rings (SSSR count). The van der Waals surface area contributed by atoms with Crippen molar-refractivity contribution in [3.05, 3.63) is 35.3 Å². The first-order valence-electron chi connectivity index (χ1n) is 8.07. The standard InChI is InChI=1S/C18H22N2O2S/c1-20(13-8-4-3-5-9-13)18(21)15-12-23-17(19-15)14-10-6-7-11-16(14)22-2/h6-7,10-13H,3-5,8-9H2,1-2H3. The van der Waals surface area contributed by atoms with E-state index in [0.717, 1.165) is 29.2 Å². The summed E-state index contributed by atoms with van der Waals surface area (Å²) in [5.74, 6) is 0.802. The number of nitrogens with zero attached hydrogens (tertiary/aromatic N) is 2. The number of methoxy groups -OCH3 is 1. The van der Waals surface area contributed by atoms with Crippen LogP contribution < -0.4 is 4.74 Å². The van der Waals surface area contributed by atoms with Crippen molar-refractivity contribution in [1.82, 2.24) is 9.88 Å². The Kier molecular flexibility index (Phi) is 4.96. The number of rotatable bonds is 4. The number of para-hydroxylation sites is 1. The second-order valence-electron chi connectivity index (χ2n) is 5.95. The molecule has 0 atom stereocenters. The summed E-state index contributed by atoms with van der Waals surface area (Å²) in [6, 6.07) is 8.12. The van der Waals surface area contributed by atoms with Crippen molar-refractivity contribution in [1.29, 1.82) is 0 Å². The van der Waals surface area contributed by atoms with Crippen LogP contribution in [0.2, 0.25) is 0 Å². The lowest BCUT2D eigenvalue weighted by molar-refractivity contribution is 0.0691. The Hall–Kier alpha value is -1.88. The van der Waals surface area contributed by atoms with Crippen LogP contribution in [0.5, 0.6) is 5.75 Å². The molecule has 0 radical (unpaired) electrons. The van der Waals surface area contributed by atoms with E-state index in [1.165, 1.54) is 30.6 Å². The van der Waals surface area contributed by atoms with Crippen molar-refractivity contribution in [3.8, 4) is 16.3 Å². The fourth-order valence-electron chi connectivity index (χ4n) is 3.13. The number of carbonyl (C=O) groups is 1. The highest BCUT2D eigenvalue weighted by Gasteiger charge is 2.24. The highest BCUT2D eigenvalue weighted by Crippen LogP contribution is 2.32. The fourth-order valence-corrected chi connectivity index (χ4v) is 3.96. The Bertz CT molecular complexity index is 677. The van der Waals surface area contributed by atoms with Crippen LogP contribution in [-0.2, 0) is 0 Å². The van der Waals surface area contributed by atoms with Gasteiger partial charge >= 0.3 is 0 Å². The first-order valence-corrected chi connectivity index (χ1v) is 8.94. The Labute approximate surface area is 141 Å². The van der Waals surface area contributed by atoms with E-state index in [9.17, 15) is 4.79 Å². The van der Waals surface area contributed by atoms with E-state index in [1.807, 2.05) is 41.6 Å². The number of benzene rings is 1. The van der Waals surface area contributed by atoms with Crippen molar-refractivity contribution in [2.45, 2.75) is 38.1 Å². The minimum absolute atomic E-state index is 0.0225. The first kappa shape index (κ1) is 16.0. The Morgan fingerprint density at radius 3 is 2.74 bits per heavy atom. The third-order valence-electron chi connectivity index (χ3n) is 4.50. The van der Waals surface area contributed by atoms with Crippen molar-refractivity contribution in [2.24, 2.45) is 0 Å². The zero-order valence-electron chi connectivity index (χ0n) is 13.6. The summed E-state index contributed by atoms with van der Waals surface area (Å²) >= 11 is 1.49. The zero-order valence-corrected chi connectivity index (χ0v) is 14.4. The summed E-state index contributed by atoms with van der Waals surface area (Å²) in [7, 11) is 3.55. The second-order valence-corrected chi connectivity index (χ2v) is 6.80. The predicted molar refractivity (Wildman–Crippen MR) is 93.1 cm³/mol. The van der Waals surface area contributed by atoms with Crippen LogP contribution in [0.1, 0.15) is 42.6 Å². The molecule has 1 fully saturated rings. The van der Waals surface area contributed by atoms with Crippen LogP contribution in [0, 0.1) is 0 Å². The molecule has 2 aromatic rings. The third kappa shape index (κ3) is 3.39. The molecule has 0 saturated heterocycles. The number of aromatic nitrogens is 1. The monoisotopic (exact) mass is 330 g/mol. The van der Waals surface area contributed by atoms with Crippen molar-refractivity contribution in [2.75, 3.05) is 14.2 Å². The summed E-state index contributed by atoms with van der Waals surface area (Å²) in [5, 5.41) is 2.67. The van der Waals surface area contributed by atoms with Gasteiger partial charge in [0.2, 0.25) is 0 Å². The molecule has 1 amide bonds. The van der Waals surface area contributed by atoms with Crippen LogP contribution >= 0.6 is 11.3 Å². The number of ether oxygens (including phenoxy) is 1. The zero-order chi connectivity index (χ0) is 16.2.